The van der Waals surface area contributed by atoms with Gasteiger partial charge in [0.15, 0.2) is 0 Å². The summed E-state index contributed by atoms with van der Waals surface area (Å²) in [7, 11) is -3.79. The number of pyridine rings is 1. The lowest BCUT2D eigenvalue weighted by atomic mass is 10.1. The first-order chi connectivity index (χ1) is 13.1. The Bertz CT molecular complexity index is 983. The number of aromatic nitrogens is 1. The normalized spacial score (nSPS) is 18.8. The summed E-state index contributed by atoms with van der Waals surface area (Å²) in [6, 6.07) is 4.68. The van der Waals surface area contributed by atoms with E-state index in [1.165, 1.54) is 10.5 Å². The first-order valence-corrected chi connectivity index (χ1v) is 10.9. The zero-order chi connectivity index (χ0) is 20.5. The second-order valence-electron chi connectivity index (χ2n) is 7.82. The number of nitrogens with one attached hydrogen (secondary N) is 1. The number of halogens is 1. The Labute approximate surface area is 170 Å². The van der Waals surface area contributed by atoms with Gasteiger partial charge in [-0.25, -0.2) is 13.2 Å². The molecule has 0 aliphatic carbocycles. The van der Waals surface area contributed by atoms with Crippen LogP contribution in [0.3, 0.4) is 0 Å². The van der Waals surface area contributed by atoms with Crippen molar-refractivity contribution in [3.05, 3.63) is 35.6 Å². The van der Waals surface area contributed by atoms with E-state index >= 15 is 0 Å². The number of piperidine rings is 1. The lowest BCUT2D eigenvalue weighted by molar-refractivity contribution is 0.0487. The van der Waals surface area contributed by atoms with Crippen molar-refractivity contribution in [2.75, 3.05) is 13.1 Å². The number of alkyl carbamates (subject to hydrolysis) is 1. The van der Waals surface area contributed by atoms with Crippen LogP contribution >= 0.6 is 11.6 Å². The summed E-state index contributed by atoms with van der Waals surface area (Å²) < 4.78 is 33.3. The number of carbonyl (C=O) groups excluding carboxylic acids is 1. The van der Waals surface area contributed by atoms with Crippen molar-refractivity contribution in [2.45, 2.75) is 50.2 Å². The molecule has 152 valence electrons. The van der Waals surface area contributed by atoms with Gasteiger partial charge in [0, 0.05) is 42.3 Å². The number of rotatable bonds is 3. The second kappa shape index (κ2) is 7.85. The number of carbonyl (C=O) groups is 1. The van der Waals surface area contributed by atoms with Crippen molar-refractivity contribution in [3.8, 4) is 0 Å². The largest absolute Gasteiger partial charge is 0.444 e. The van der Waals surface area contributed by atoms with Crippen LogP contribution in [0.15, 0.2) is 35.5 Å². The fraction of sp³-hybridized carbons (Fsp3) is 0.474. The molecule has 2 heterocycles. The lowest BCUT2D eigenvalue weighted by Crippen LogP contribution is -2.50. The molecule has 1 aliphatic rings. The number of hydrogen-bond donors (Lipinski definition) is 1. The van der Waals surface area contributed by atoms with E-state index in [0.29, 0.717) is 30.2 Å². The van der Waals surface area contributed by atoms with Gasteiger partial charge in [-0.05, 0) is 39.7 Å². The third-order valence-corrected chi connectivity index (χ3v) is 6.62. The van der Waals surface area contributed by atoms with Crippen molar-refractivity contribution in [2.24, 2.45) is 0 Å². The van der Waals surface area contributed by atoms with Crippen molar-refractivity contribution in [3.63, 3.8) is 0 Å². The highest BCUT2D eigenvalue weighted by molar-refractivity contribution is 7.89. The summed E-state index contributed by atoms with van der Waals surface area (Å²) in [4.78, 5) is 16.2. The minimum Gasteiger partial charge on any atom is -0.444 e. The molecule has 2 aromatic rings. The predicted molar refractivity (Wildman–Crippen MR) is 108 cm³/mol. The van der Waals surface area contributed by atoms with Gasteiger partial charge in [-0.1, -0.05) is 23.7 Å². The van der Waals surface area contributed by atoms with Gasteiger partial charge in [-0.3, -0.25) is 4.98 Å². The Morgan fingerprint density at radius 1 is 1.32 bits per heavy atom. The minimum atomic E-state index is -3.79. The van der Waals surface area contributed by atoms with Crippen molar-refractivity contribution in [1.29, 1.82) is 0 Å². The Hall–Kier alpha value is -1.90. The summed E-state index contributed by atoms with van der Waals surface area (Å²) in [5, 5.41) is 4.18. The molecule has 0 spiro atoms. The van der Waals surface area contributed by atoms with E-state index < -0.39 is 21.7 Å². The van der Waals surface area contributed by atoms with Gasteiger partial charge < -0.3 is 10.1 Å². The standard InChI is InChI=1S/C19H24ClN3O4S/c1-19(2,3)27-18(24)22-14-7-5-9-23(12-14)28(25,26)16-8-4-6-13-10-21-11-15(20)17(13)16/h4,6,8,10-11,14H,5,7,9,12H2,1-3H3,(H,22,24). The molecule has 3 rings (SSSR count). The van der Waals surface area contributed by atoms with Gasteiger partial charge >= 0.3 is 6.09 Å². The third-order valence-electron chi connectivity index (χ3n) is 4.42. The van der Waals surface area contributed by atoms with Crippen LogP contribution in [0.5, 0.6) is 0 Å². The van der Waals surface area contributed by atoms with Gasteiger partial charge in [-0.15, -0.1) is 0 Å². The first-order valence-electron chi connectivity index (χ1n) is 9.10. The van der Waals surface area contributed by atoms with Crippen LogP contribution in [-0.4, -0.2) is 48.5 Å². The molecule has 1 aromatic heterocycles. The van der Waals surface area contributed by atoms with E-state index in [-0.39, 0.29) is 22.5 Å². The summed E-state index contributed by atoms with van der Waals surface area (Å²) in [5.41, 5.74) is -0.613. The summed E-state index contributed by atoms with van der Waals surface area (Å²) in [6.07, 6.45) is 3.80. The molecule has 7 nitrogen and oxygen atoms in total. The maximum absolute atomic E-state index is 13.3. The van der Waals surface area contributed by atoms with Crippen molar-refractivity contribution in [1.82, 2.24) is 14.6 Å². The van der Waals surface area contributed by atoms with Crippen LogP contribution in [-0.2, 0) is 14.8 Å². The zero-order valence-corrected chi connectivity index (χ0v) is 17.7. The average molecular weight is 426 g/mol. The third kappa shape index (κ3) is 4.56. The van der Waals surface area contributed by atoms with Crippen molar-refractivity contribution >= 4 is 38.5 Å². The molecule has 1 aromatic carbocycles. The summed E-state index contributed by atoms with van der Waals surface area (Å²) in [5.74, 6) is 0. The predicted octanol–water partition coefficient (Wildman–Crippen LogP) is 3.57. The van der Waals surface area contributed by atoms with E-state index in [9.17, 15) is 13.2 Å². The highest BCUT2D eigenvalue weighted by atomic mass is 35.5. The number of nitrogens with zero attached hydrogens (tertiary/aromatic N) is 2. The number of hydrogen-bond acceptors (Lipinski definition) is 5. The van der Waals surface area contributed by atoms with Crippen LogP contribution in [0.2, 0.25) is 5.02 Å². The second-order valence-corrected chi connectivity index (χ2v) is 10.1. The van der Waals surface area contributed by atoms with Gasteiger partial charge in [0.1, 0.15) is 5.60 Å². The SMILES string of the molecule is CC(C)(C)OC(=O)NC1CCCN(S(=O)(=O)c2cccc3cncc(Cl)c23)C1. The fourth-order valence-electron chi connectivity index (χ4n) is 3.27. The summed E-state index contributed by atoms with van der Waals surface area (Å²) in [6.45, 7) is 5.91. The first kappa shape index (κ1) is 20.8. The van der Waals surface area contributed by atoms with Crippen LogP contribution in [0.1, 0.15) is 33.6 Å². The molecule has 1 N–H and O–H groups in total. The molecule has 0 bridgehead atoms. The quantitative estimate of drug-likeness (QED) is 0.812. The van der Waals surface area contributed by atoms with Crippen LogP contribution in [0.25, 0.3) is 10.8 Å². The van der Waals surface area contributed by atoms with Gasteiger partial charge in [0.2, 0.25) is 10.0 Å². The van der Waals surface area contributed by atoms with Crippen LogP contribution < -0.4 is 5.32 Å². The highest BCUT2D eigenvalue weighted by Gasteiger charge is 2.33. The molecular weight excluding hydrogens is 402 g/mol. The van der Waals surface area contributed by atoms with E-state index in [4.69, 9.17) is 16.3 Å². The minimum absolute atomic E-state index is 0.148. The lowest BCUT2D eigenvalue weighted by Gasteiger charge is -2.33. The maximum Gasteiger partial charge on any atom is 0.407 e. The molecule has 0 saturated carbocycles. The Morgan fingerprint density at radius 2 is 2.07 bits per heavy atom. The number of sulfonamides is 1. The van der Waals surface area contributed by atoms with E-state index in [1.807, 2.05) is 0 Å². The fourth-order valence-corrected chi connectivity index (χ4v) is 5.35. The molecular formula is C19H24ClN3O4S. The Kier molecular flexibility index (Phi) is 5.84. The molecule has 1 unspecified atom stereocenters. The number of amides is 1. The molecule has 1 amide bonds. The zero-order valence-electron chi connectivity index (χ0n) is 16.1. The van der Waals surface area contributed by atoms with E-state index in [1.54, 1.807) is 45.2 Å². The topological polar surface area (TPSA) is 88.6 Å². The maximum atomic E-state index is 13.3. The molecule has 0 radical (unpaired) electrons. The number of benzene rings is 1. The monoisotopic (exact) mass is 425 g/mol. The Balaban J connectivity index is 1.84. The average Bonchev–Trinajstić information content (AvgIpc) is 2.60. The molecule has 1 fully saturated rings. The number of ether oxygens (including phenoxy) is 1. The molecule has 1 saturated heterocycles. The van der Waals surface area contributed by atoms with Gasteiger partial charge in [0.05, 0.1) is 9.92 Å². The van der Waals surface area contributed by atoms with E-state index in [2.05, 4.69) is 10.3 Å². The van der Waals surface area contributed by atoms with Crippen LogP contribution in [0, 0.1) is 0 Å². The molecule has 28 heavy (non-hydrogen) atoms. The molecule has 9 heteroatoms. The molecule has 1 aliphatic heterocycles. The van der Waals surface area contributed by atoms with Crippen molar-refractivity contribution < 1.29 is 17.9 Å². The van der Waals surface area contributed by atoms with Gasteiger partial charge in [-0.2, -0.15) is 4.31 Å². The highest BCUT2D eigenvalue weighted by Crippen LogP contribution is 2.31. The Morgan fingerprint density at radius 3 is 2.79 bits per heavy atom. The van der Waals surface area contributed by atoms with E-state index in [0.717, 1.165) is 0 Å². The van der Waals surface area contributed by atoms with Crippen LogP contribution in [0.4, 0.5) is 4.79 Å². The number of fused-ring (bicyclic) bond motifs is 1. The smallest absolute Gasteiger partial charge is 0.407 e. The van der Waals surface area contributed by atoms with Gasteiger partial charge in [0.25, 0.3) is 0 Å². The molecule has 1 atom stereocenters. The summed E-state index contributed by atoms with van der Waals surface area (Å²) >= 11 is 6.25.